The molecular formula is C20H25ClN2O2. The minimum absolute atomic E-state index is 0.0300. The molecule has 0 saturated carbocycles. The predicted molar refractivity (Wildman–Crippen MR) is 102 cm³/mol. The molecule has 0 spiro atoms. The molecule has 4 nitrogen and oxygen atoms in total. The van der Waals surface area contributed by atoms with Gasteiger partial charge < -0.3 is 10.1 Å². The summed E-state index contributed by atoms with van der Waals surface area (Å²) in [4.78, 5) is 14.2. The molecule has 2 aromatic carbocycles. The summed E-state index contributed by atoms with van der Waals surface area (Å²) in [5.41, 5.74) is 2.21. The molecule has 25 heavy (non-hydrogen) atoms. The Morgan fingerprint density at radius 1 is 1.16 bits per heavy atom. The van der Waals surface area contributed by atoms with Crippen molar-refractivity contribution in [3.05, 3.63) is 64.7 Å². The summed E-state index contributed by atoms with van der Waals surface area (Å²) in [6, 6.07) is 15.6. The van der Waals surface area contributed by atoms with Gasteiger partial charge in [-0.3, -0.25) is 9.69 Å². The van der Waals surface area contributed by atoms with Gasteiger partial charge in [-0.15, -0.1) is 0 Å². The molecule has 1 amide bonds. The number of hydrogen-bond donors (Lipinski definition) is 1. The minimum atomic E-state index is 0.0300. The standard InChI is InChI=1S/C20H25ClN2O2/c1-3-23(14-17-6-4-5-7-19(17)21)15-20(24)22-13-12-16-8-10-18(25-2)11-9-16/h4-11H,3,12-15H2,1-2H3,(H,22,24). The quantitative estimate of drug-likeness (QED) is 0.743. The van der Waals surface area contributed by atoms with Gasteiger partial charge in [-0.05, 0) is 42.3 Å². The van der Waals surface area contributed by atoms with Crippen molar-refractivity contribution in [2.45, 2.75) is 19.9 Å². The molecule has 0 unspecified atom stereocenters. The predicted octanol–water partition coefficient (Wildman–Crippen LogP) is 3.53. The molecule has 5 heteroatoms. The Balaban J connectivity index is 1.76. The summed E-state index contributed by atoms with van der Waals surface area (Å²) in [5.74, 6) is 0.869. The smallest absolute Gasteiger partial charge is 0.234 e. The monoisotopic (exact) mass is 360 g/mol. The van der Waals surface area contributed by atoms with Crippen LogP contribution in [0.1, 0.15) is 18.1 Å². The highest BCUT2D eigenvalue weighted by Gasteiger charge is 2.11. The zero-order chi connectivity index (χ0) is 18.1. The van der Waals surface area contributed by atoms with Gasteiger partial charge in [-0.1, -0.05) is 48.9 Å². The topological polar surface area (TPSA) is 41.6 Å². The average molecular weight is 361 g/mol. The molecule has 0 atom stereocenters. The normalized spacial score (nSPS) is 10.7. The number of carbonyl (C=O) groups is 1. The van der Waals surface area contributed by atoms with Gasteiger partial charge in [0.05, 0.1) is 13.7 Å². The van der Waals surface area contributed by atoms with Crippen LogP contribution in [0.25, 0.3) is 0 Å². The number of nitrogens with one attached hydrogen (secondary N) is 1. The first-order valence-corrected chi connectivity index (χ1v) is 8.85. The largest absolute Gasteiger partial charge is 0.497 e. The summed E-state index contributed by atoms with van der Waals surface area (Å²) in [7, 11) is 1.65. The van der Waals surface area contributed by atoms with Crippen LogP contribution in [0.3, 0.4) is 0 Å². The van der Waals surface area contributed by atoms with E-state index < -0.39 is 0 Å². The third kappa shape index (κ3) is 6.40. The third-order valence-electron chi connectivity index (χ3n) is 4.06. The van der Waals surface area contributed by atoms with Crippen LogP contribution in [-0.4, -0.2) is 37.6 Å². The van der Waals surface area contributed by atoms with Crippen LogP contribution < -0.4 is 10.1 Å². The number of benzene rings is 2. The van der Waals surface area contributed by atoms with E-state index in [1.807, 2.05) is 55.5 Å². The van der Waals surface area contributed by atoms with Crippen molar-refractivity contribution in [2.75, 3.05) is 26.7 Å². The minimum Gasteiger partial charge on any atom is -0.497 e. The maximum Gasteiger partial charge on any atom is 0.234 e. The second-order valence-electron chi connectivity index (χ2n) is 5.84. The lowest BCUT2D eigenvalue weighted by atomic mass is 10.1. The molecule has 0 aliphatic carbocycles. The van der Waals surface area contributed by atoms with Crippen LogP contribution in [-0.2, 0) is 17.8 Å². The SMILES string of the molecule is CCN(CC(=O)NCCc1ccc(OC)cc1)Cc1ccccc1Cl. The molecule has 0 radical (unpaired) electrons. The van der Waals surface area contributed by atoms with Gasteiger partial charge in [0.25, 0.3) is 0 Å². The van der Waals surface area contributed by atoms with Crippen LogP contribution in [0.15, 0.2) is 48.5 Å². The van der Waals surface area contributed by atoms with Gasteiger partial charge in [0, 0.05) is 18.1 Å². The highest BCUT2D eigenvalue weighted by Crippen LogP contribution is 2.16. The van der Waals surface area contributed by atoms with Crippen molar-refractivity contribution >= 4 is 17.5 Å². The number of ether oxygens (including phenoxy) is 1. The lowest BCUT2D eigenvalue weighted by molar-refractivity contribution is -0.122. The van der Waals surface area contributed by atoms with E-state index in [0.717, 1.165) is 29.3 Å². The second-order valence-corrected chi connectivity index (χ2v) is 6.25. The number of likely N-dealkylation sites (N-methyl/N-ethyl adjacent to an activating group) is 1. The van der Waals surface area contributed by atoms with Crippen LogP contribution in [0.5, 0.6) is 5.75 Å². The molecule has 0 aliphatic rings. The molecule has 134 valence electrons. The summed E-state index contributed by atoms with van der Waals surface area (Å²) in [6.07, 6.45) is 0.798. The number of halogens is 1. The number of methoxy groups -OCH3 is 1. The van der Waals surface area contributed by atoms with E-state index in [-0.39, 0.29) is 5.91 Å². The van der Waals surface area contributed by atoms with Gasteiger partial charge in [0.2, 0.25) is 5.91 Å². The van der Waals surface area contributed by atoms with Crippen molar-refractivity contribution in [3.63, 3.8) is 0 Å². The fourth-order valence-corrected chi connectivity index (χ4v) is 2.74. The van der Waals surface area contributed by atoms with E-state index >= 15 is 0 Å². The molecule has 2 aromatic rings. The number of carbonyl (C=O) groups excluding carboxylic acids is 1. The van der Waals surface area contributed by atoms with Gasteiger partial charge in [0.1, 0.15) is 5.75 Å². The van der Waals surface area contributed by atoms with E-state index in [9.17, 15) is 4.79 Å². The van der Waals surface area contributed by atoms with E-state index in [2.05, 4.69) is 10.2 Å². The van der Waals surface area contributed by atoms with E-state index in [1.165, 1.54) is 5.56 Å². The first-order chi connectivity index (χ1) is 12.1. The number of nitrogens with zero attached hydrogens (tertiary/aromatic N) is 1. The van der Waals surface area contributed by atoms with Crippen LogP contribution in [0.2, 0.25) is 5.02 Å². The van der Waals surface area contributed by atoms with Gasteiger partial charge in [-0.25, -0.2) is 0 Å². The Hall–Kier alpha value is -2.04. The molecule has 0 aliphatic heterocycles. The maximum atomic E-state index is 12.2. The van der Waals surface area contributed by atoms with E-state index in [1.54, 1.807) is 7.11 Å². The van der Waals surface area contributed by atoms with Gasteiger partial charge in [-0.2, -0.15) is 0 Å². The summed E-state index contributed by atoms with van der Waals surface area (Å²) < 4.78 is 5.14. The average Bonchev–Trinajstić information content (AvgIpc) is 2.63. The van der Waals surface area contributed by atoms with Crippen molar-refractivity contribution < 1.29 is 9.53 Å². The molecule has 0 fully saturated rings. The van der Waals surface area contributed by atoms with Crippen molar-refractivity contribution in [2.24, 2.45) is 0 Å². The highest BCUT2D eigenvalue weighted by atomic mass is 35.5. The molecule has 1 N–H and O–H groups in total. The molecule has 0 bridgehead atoms. The Kier molecular flexibility index (Phi) is 7.76. The number of amides is 1. The van der Waals surface area contributed by atoms with Crippen molar-refractivity contribution in [1.29, 1.82) is 0 Å². The zero-order valence-electron chi connectivity index (χ0n) is 14.8. The fourth-order valence-electron chi connectivity index (χ4n) is 2.54. The second kappa shape index (κ2) is 10.1. The highest BCUT2D eigenvalue weighted by molar-refractivity contribution is 6.31. The molecule has 0 heterocycles. The maximum absolute atomic E-state index is 12.2. The van der Waals surface area contributed by atoms with Crippen molar-refractivity contribution in [1.82, 2.24) is 10.2 Å². The summed E-state index contributed by atoms with van der Waals surface area (Å²) >= 11 is 6.20. The Labute approximate surface area is 154 Å². The summed E-state index contributed by atoms with van der Waals surface area (Å²) in [5, 5.41) is 3.72. The molecule has 2 rings (SSSR count). The lowest BCUT2D eigenvalue weighted by Crippen LogP contribution is -2.37. The van der Waals surface area contributed by atoms with Crippen molar-refractivity contribution in [3.8, 4) is 5.75 Å². The van der Waals surface area contributed by atoms with E-state index in [4.69, 9.17) is 16.3 Å². The Morgan fingerprint density at radius 3 is 2.52 bits per heavy atom. The van der Waals surface area contributed by atoms with E-state index in [0.29, 0.717) is 19.6 Å². The number of hydrogen-bond acceptors (Lipinski definition) is 3. The van der Waals surface area contributed by atoms with Crippen LogP contribution in [0, 0.1) is 0 Å². The molecule has 0 aromatic heterocycles. The third-order valence-corrected chi connectivity index (χ3v) is 4.43. The fraction of sp³-hybridized carbons (Fsp3) is 0.350. The number of rotatable bonds is 9. The van der Waals surface area contributed by atoms with Gasteiger partial charge >= 0.3 is 0 Å². The molecule has 0 saturated heterocycles. The first kappa shape index (κ1) is 19.3. The lowest BCUT2D eigenvalue weighted by Gasteiger charge is -2.20. The zero-order valence-corrected chi connectivity index (χ0v) is 15.6. The Bertz CT molecular complexity index is 674. The first-order valence-electron chi connectivity index (χ1n) is 8.47. The Morgan fingerprint density at radius 2 is 1.88 bits per heavy atom. The van der Waals surface area contributed by atoms with Crippen LogP contribution >= 0.6 is 11.6 Å². The summed E-state index contributed by atoms with van der Waals surface area (Å²) in [6.45, 7) is 4.49. The molecular weight excluding hydrogens is 336 g/mol. The van der Waals surface area contributed by atoms with Crippen LogP contribution in [0.4, 0.5) is 0 Å². The van der Waals surface area contributed by atoms with Gasteiger partial charge in [0.15, 0.2) is 0 Å².